The lowest BCUT2D eigenvalue weighted by Gasteiger charge is -2.12. The summed E-state index contributed by atoms with van der Waals surface area (Å²) in [6, 6.07) is 0.290. The number of hydrogen-bond donors (Lipinski definition) is 1. The van der Waals surface area contributed by atoms with Gasteiger partial charge in [0, 0.05) is 6.04 Å². The molecule has 1 unspecified atom stereocenters. The van der Waals surface area contributed by atoms with Gasteiger partial charge < -0.3 is 5.32 Å². The lowest BCUT2D eigenvalue weighted by molar-refractivity contribution is 0.753. The molecule has 0 amide bonds. The predicted octanol–water partition coefficient (Wildman–Crippen LogP) is 2.90. The van der Waals surface area contributed by atoms with Crippen molar-refractivity contribution in [3.8, 4) is 0 Å². The van der Waals surface area contributed by atoms with Crippen molar-refractivity contribution in [2.24, 2.45) is 0 Å². The Morgan fingerprint density at radius 3 is 2.44 bits per heavy atom. The molecule has 0 radical (unpaired) electrons. The van der Waals surface area contributed by atoms with Crippen LogP contribution >= 0.6 is 11.6 Å². The van der Waals surface area contributed by atoms with E-state index < -0.39 is 0 Å². The first-order valence-corrected chi connectivity index (χ1v) is 6.34. The highest BCUT2D eigenvalue weighted by molar-refractivity contribution is 6.33. The largest absolute Gasteiger partial charge is 0.352 e. The Kier molecular flexibility index (Phi) is 3.61. The summed E-state index contributed by atoms with van der Waals surface area (Å²) in [6.45, 7) is 7.95. The Bertz CT molecular complexity index is 584. The molecule has 0 aliphatic carbocycles. The molecular weight excluding hydrogens is 250 g/mol. The molecule has 96 valence electrons. The summed E-state index contributed by atoms with van der Waals surface area (Å²) in [7, 11) is 0. The van der Waals surface area contributed by atoms with Gasteiger partial charge in [-0.2, -0.15) is 9.97 Å². The lowest BCUT2D eigenvalue weighted by Crippen LogP contribution is -2.16. The zero-order valence-corrected chi connectivity index (χ0v) is 11.7. The molecule has 18 heavy (non-hydrogen) atoms. The van der Waals surface area contributed by atoms with Gasteiger partial charge in [-0.05, 0) is 27.2 Å². The molecule has 0 bridgehead atoms. The van der Waals surface area contributed by atoms with Gasteiger partial charge in [-0.3, -0.25) is 0 Å². The van der Waals surface area contributed by atoms with Crippen LogP contribution in [0.1, 0.15) is 31.7 Å². The number of aryl methyl sites for hydroxylation is 2. The zero-order chi connectivity index (χ0) is 13.3. The fourth-order valence-electron chi connectivity index (χ4n) is 1.47. The topological polar surface area (TPSA) is 63.6 Å². The molecule has 0 aliphatic rings. The van der Waals surface area contributed by atoms with Gasteiger partial charge in [-0.25, -0.2) is 9.97 Å². The summed E-state index contributed by atoms with van der Waals surface area (Å²) in [5.41, 5.74) is 2.78. The van der Waals surface area contributed by atoms with Gasteiger partial charge in [-0.15, -0.1) is 0 Å². The summed E-state index contributed by atoms with van der Waals surface area (Å²) < 4.78 is 0. The van der Waals surface area contributed by atoms with Crippen molar-refractivity contribution in [1.82, 2.24) is 19.9 Å². The zero-order valence-electron chi connectivity index (χ0n) is 11.0. The van der Waals surface area contributed by atoms with E-state index in [9.17, 15) is 0 Å². The molecule has 6 heteroatoms. The minimum absolute atomic E-state index is 0.290. The van der Waals surface area contributed by atoms with Crippen LogP contribution in [0.5, 0.6) is 0 Å². The van der Waals surface area contributed by atoms with Crippen molar-refractivity contribution in [1.29, 1.82) is 0 Å². The quantitative estimate of drug-likeness (QED) is 0.865. The van der Waals surface area contributed by atoms with Crippen molar-refractivity contribution in [3.05, 3.63) is 16.5 Å². The van der Waals surface area contributed by atoms with Crippen LogP contribution < -0.4 is 5.32 Å². The predicted molar refractivity (Wildman–Crippen MR) is 73.0 cm³/mol. The number of anilines is 1. The van der Waals surface area contributed by atoms with Crippen molar-refractivity contribution in [2.75, 3.05) is 5.32 Å². The number of hydrogen-bond acceptors (Lipinski definition) is 5. The van der Waals surface area contributed by atoms with E-state index in [0.29, 0.717) is 22.3 Å². The third-order valence-corrected chi connectivity index (χ3v) is 3.15. The highest BCUT2D eigenvalue weighted by Gasteiger charge is 2.11. The molecule has 2 rings (SSSR count). The second-order valence-corrected chi connectivity index (χ2v) is 4.72. The van der Waals surface area contributed by atoms with Crippen LogP contribution in [0.4, 0.5) is 5.95 Å². The van der Waals surface area contributed by atoms with E-state index in [4.69, 9.17) is 11.6 Å². The average Bonchev–Trinajstić information content (AvgIpc) is 2.32. The van der Waals surface area contributed by atoms with Gasteiger partial charge in [0.05, 0.1) is 11.4 Å². The summed E-state index contributed by atoms with van der Waals surface area (Å²) in [6.07, 6.45) is 0.984. The Balaban J connectivity index is 2.51. The van der Waals surface area contributed by atoms with Crippen LogP contribution in [-0.4, -0.2) is 26.0 Å². The maximum atomic E-state index is 6.12. The molecule has 1 N–H and O–H groups in total. The van der Waals surface area contributed by atoms with Crippen LogP contribution in [0, 0.1) is 13.8 Å². The number of fused-ring (bicyclic) bond motifs is 1. The van der Waals surface area contributed by atoms with Crippen molar-refractivity contribution < 1.29 is 0 Å². The molecular formula is C12H16ClN5. The molecule has 0 fully saturated rings. The Hall–Kier alpha value is -1.49. The van der Waals surface area contributed by atoms with Crippen LogP contribution in [0.15, 0.2) is 0 Å². The first kappa shape index (κ1) is 13.0. The highest BCUT2D eigenvalue weighted by atomic mass is 35.5. The average molecular weight is 266 g/mol. The van der Waals surface area contributed by atoms with Crippen molar-refractivity contribution in [2.45, 2.75) is 40.2 Å². The van der Waals surface area contributed by atoms with E-state index in [1.54, 1.807) is 0 Å². The first-order valence-electron chi connectivity index (χ1n) is 5.96. The molecule has 0 spiro atoms. The smallest absolute Gasteiger partial charge is 0.226 e. The van der Waals surface area contributed by atoms with Gasteiger partial charge in [0.2, 0.25) is 5.95 Å². The van der Waals surface area contributed by atoms with E-state index in [2.05, 4.69) is 39.1 Å². The third kappa shape index (κ3) is 2.51. The van der Waals surface area contributed by atoms with Crippen LogP contribution in [-0.2, 0) is 0 Å². The highest BCUT2D eigenvalue weighted by Crippen LogP contribution is 2.20. The molecule has 0 aliphatic heterocycles. The molecule has 5 nitrogen and oxygen atoms in total. The minimum atomic E-state index is 0.290. The normalized spacial score (nSPS) is 12.7. The van der Waals surface area contributed by atoms with Gasteiger partial charge in [0.1, 0.15) is 5.52 Å². The second-order valence-electron chi connectivity index (χ2n) is 4.36. The third-order valence-electron chi connectivity index (χ3n) is 2.89. The first-order chi connectivity index (χ1) is 8.51. The summed E-state index contributed by atoms with van der Waals surface area (Å²) in [4.78, 5) is 17.3. The molecule has 0 aromatic carbocycles. The van der Waals surface area contributed by atoms with Gasteiger partial charge in [0.15, 0.2) is 10.8 Å². The SMILES string of the molecule is CCC(C)Nc1nc(Cl)c2nc(C)c(C)nc2n1. The Labute approximate surface area is 111 Å². The molecule has 1 atom stereocenters. The number of nitrogens with zero attached hydrogens (tertiary/aromatic N) is 4. The molecule has 0 saturated heterocycles. The number of nitrogens with one attached hydrogen (secondary N) is 1. The summed E-state index contributed by atoms with van der Waals surface area (Å²) >= 11 is 6.12. The monoisotopic (exact) mass is 265 g/mol. The van der Waals surface area contributed by atoms with E-state index in [0.717, 1.165) is 17.8 Å². The van der Waals surface area contributed by atoms with E-state index in [1.165, 1.54) is 0 Å². The van der Waals surface area contributed by atoms with Crippen LogP contribution in [0.25, 0.3) is 11.2 Å². The van der Waals surface area contributed by atoms with Gasteiger partial charge in [-0.1, -0.05) is 18.5 Å². The van der Waals surface area contributed by atoms with Gasteiger partial charge in [0.25, 0.3) is 0 Å². The second kappa shape index (κ2) is 5.02. The van der Waals surface area contributed by atoms with E-state index >= 15 is 0 Å². The number of halogens is 1. The van der Waals surface area contributed by atoms with Crippen LogP contribution in [0.2, 0.25) is 5.15 Å². The Morgan fingerprint density at radius 2 is 1.78 bits per heavy atom. The summed E-state index contributed by atoms with van der Waals surface area (Å²) in [5.74, 6) is 0.499. The maximum absolute atomic E-state index is 6.12. The van der Waals surface area contributed by atoms with Crippen molar-refractivity contribution >= 4 is 28.7 Å². The number of rotatable bonds is 3. The maximum Gasteiger partial charge on any atom is 0.226 e. The molecule has 2 aromatic rings. The lowest BCUT2D eigenvalue weighted by atomic mass is 10.3. The van der Waals surface area contributed by atoms with Gasteiger partial charge >= 0.3 is 0 Å². The van der Waals surface area contributed by atoms with Crippen molar-refractivity contribution in [3.63, 3.8) is 0 Å². The molecule has 0 saturated carbocycles. The molecule has 2 heterocycles. The molecule has 2 aromatic heterocycles. The van der Waals surface area contributed by atoms with Crippen LogP contribution in [0.3, 0.4) is 0 Å². The summed E-state index contributed by atoms with van der Waals surface area (Å²) in [5, 5.41) is 3.52. The fourth-order valence-corrected chi connectivity index (χ4v) is 1.67. The Morgan fingerprint density at radius 1 is 1.11 bits per heavy atom. The van der Waals surface area contributed by atoms with E-state index in [1.807, 2.05) is 13.8 Å². The standard InChI is InChI=1S/C12H16ClN5/c1-5-6(2)14-12-17-10(13)9-11(18-12)16-8(4)7(3)15-9/h6H,5H2,1-4H3,(H,14,16,17,18). The van der Waals surface area contributed by atoms with E-state index in [-0.39, 0.29) is 6.04 Å². The fraction of sp³-hybridized carbons (Fsp3) is 0.500. The minimum Gasteiger partial charge on any atom is -0.352 e. The number of aromatic nitrogens is 4.